The fourth-order valence-corrected chi connectivity index (χ4v) is 1.29. The minimum Gasteiger partial charge on any atom is -0.505 e. The number of rotatable bonds is 4. The van der Waals surface area contributed by atoms with Crippen LogP contribution in [0.4, 0.5) is 4.39 Å². The topological polar surface area (TPSA) is 92.8 Å². The molecule has 0 saturated carbocycles. The first-order valence-corrected chi connectivity index (χ1v) is 4.49. The molecule has 4 N–H and O–H groups in total. The van der Waals surface area contributed by atoms with Crippen LogP contribution >= 0.6 is 0 Å². The number of aromatic hydroxyl groups is 1. The summed E-state index contributed by atoms with van der Waals surface area (Å²) in [5, 5.41) is 17.8. The maximum atomic E-state index is 13.4. The average Bonchev–Trinajstić information content (AvgIpc) is 2.20. The number of phenols is 1. The summed E-state index contributed by atoms with van der Waals surface area (Å²) in [6.45, 7) is 0. The summed E-state index contributed by atoms with van der Waals surface area (Å²) in [6.07, 6.45) is -0.427. The van der Waals surface area contributed by atoms with Crippen molar-refractivity contribution >= 4 is 5.97 Å². The van der Waals surface area contributed by atoms with E-state index in [1.54, 1.807) is 0 Å². The fraction of sp³-hybridized carbons (Fsp3) is 0.300. The minimum atomic E-state index is -1.14. The van der Waals surface area contributed by atoms with Crippen molar-refractivity contribution in [2.24, 2.45) is 5.73 Å². The van der Waals surface area contributed by atoms with Crippen LogP contribution in [0.1, 0.15) is 18.0 Å². The Morgan fingerprint density at radius 1 is 1.62 bits per heavy atom. The lowest BCUT2D eigenvalue weighted by atomic mass is 10.0. The minimum absolute atomic E-state index is 0.0840. The first kappa shape index (κ1) is 12.3. The van der Waals surface area contributed by atoms with Crippen molar-refractivity contribution < 1.29 is 24.1 Å². The van der Waals surface area contributed by atoms with Crippen LogP contribution in [0.15, 0.2) is 12.1 Å². The number of benzene rings is 1. The quantitative estimate of drug-likeness (QED) is 0.716. The molecule has 0 saturated heterocycles. The molecule has 0 aromatic heterocycles. The third-order valence-corrected chi connectivity index (χ3v) is 2.08. The second kappa shape index (κ2) is 4.80. The number of carboxylic acids is 1. The summed E-state index contributed by atoms with van der Waals surface area (Å²) in [7, 11) is 1.35. The van der Waals surface area contributed by atoms with E-state index in [1.165, 1.54) is 13.2 Å². The van der Waals surface area contributed by atoms with Gasteiger partial charge in [0, 0.05) is 17.7 Å². The molecule has 1 atom stereocenters. The second-order valence-electron chi connectivity index (χ2n) is 3.25. The van der Waals surface area contributed by atoms with Gasteiger partial charge in [-0.1, -0.05) is 0 Å². The largest absolute Gasteiger partial charge is 0.505 e. The van der Waals surface area contributed by atoms with E-state index in [0.29, 0.717) is 0 Å². The Labute approximate surface area is 91.3 Å². The predicted octanol–water partition coefficient (Wildman–Crippen LogP) is 1.01. The molecule has 1 aromatic rings. The molecule has 0 aliphatic rings. The first-order chi connectivity index (χ1) is 7.45. The van der Waals surface area contributed by atoms with Gasteiger partial charge < -0.3 is 20.7 Å². The molecule has 0 aliphatic carbocycles. The van der Waals surface area contributed by atoms with Crippen molar-refractivity contribution in [1.82, 2.24) is 0 Å². The van der Waals surface area contributed by atoms with Crippen LogP contribution in [0.5, 0.6) is 11.5 Å². The fourth-order valence-electron chi connectivity index (χ4n) is 1.29. The number of carbonyl (C=O) groups is 1. The second-order valence-corrected chi connectivity index (χ2v) is 3.25. The Morgan fingerprint density at radius 2 is 2.25 bits per heavy atom. The highest BCUT2D eigenvalue weighted by atomic mass is 19.1. The summed E-state index contributed by atoms with van der Waals surface area (Å²) >= 11 is 0. The Bertz CT molecular complexity index is 408. The van der Waals surface area contributed by atoms with Crippen LogP contribution < -0.4 is 10.5 Å². The number of halogens is 1. The van der Waals surface area contributed by atoms with Crippen molar-refractivity contribution in [3.63, 3.8) is 0 Å². The molecule has 88 valence electrons. The van der Waals surface area contributed by atoms with Crippen LogP contribution in [0.3, 0.4) is 0 Å². The van der Waals surface area contributed by atoms with Gasteiger partial charge in [0.25, 0.3) is 0 Å². The van der Waals surface area contributed by atoms with Crippen LogP contribution in [0.25, 0.3) is 0 Å². The Balaban J connectivity index is 3.10. The summed E-state index contributed by atoms with van der Waals surface area (Å²) in [6, 6.07) is 1.33. The van der Waals surface area contributed by atoms with Crippen molar-refractivity contribution in [1.29, 1.82) is 0 Å². The molecule has 0 aliphatic heterocycles. The SMILES string of the molecule is COc1cc(O)c(F)c(C(N)CC(=O)O)c1. The van der Waals surface area contributed by atoms with Gasteiger partial charge in [-0.2, -0.15) is 0 Å². The molecule has 0 bridgehead atoms. The van der Waals surface area contributed by atoms with Crippen LogP contribution in [0.2, 0.25) is 0 Å². The van der Waals surface area contributed by atoms with E-state index in [0.717, 1.165) is 6.07 Å². The zero-order valence-corrected chi connectivity index (χ0v) is 8.61. The van der Waals surface area contributed by atoms with Crippen molar-refractivity contribution in [2.45, 2.75) is 12.5 Å². The van der Waals surface area contributed by atoms with Gasteiger partial charge in [-0.15, -0.1) is 0 Å². The van der Waals surface area contributed by atoms with E-state index < -0.39 is 30.0 Å². The molecule has 0 spiro atoms. The van der Waals surface area contributed by atoms with E-state index in [2.05, 4.69) is 0 Å². The summed E-state index contributed by atoms with van der Waals surface area (Å²) in [4.78, 5) is 10.4. The van der Waals surface area contributed by atoms with Gasteiger partial charge in [-0.05, 0) is 6.07 Å². The van der Waals surface area contributed by atoms with Crippen molar-refractivity contribution in [3.8, 4) is 11.5 Å². The van der Waals surface area contributed by atoms with E-state index >= 15 is 0 Å². The third kappa shape index (κ3) is 2.60. The zero-order valence-electron chi connectivity index (χ0n) is 8.61. The van der Waals surface area contributed by atoms with Gasteiger partial charge in [0.1, 0.15) is 5.75 Å². The maximum absolute atomic E-state index is 13.4. The number of hydrogen-bond acceptors (Lipinski definition) is 4. The molecule has 5 nitrogen and oxygen atoms in total. The van der Waals surface area contributed by atoms with Gasteiger partial charge in [0.2, 0.25) is 0 Å². The van der Waals surface area contributed by atoms with E-state index in [-0.39, 0.29) is 11.3 Å². The molecule has 6 heteroatoms. The van der Waals surface area contributed by atoms with Crippen molar-refractivity contribution in [3.05, 3.63) is 23.5 Å². The van der Waals surface area contributed by atoms with Gasteiger partial charge in [-0.25, -0.2) is 4.39 Å². The van der Waals surface area contributed by atoms with Crippen LogP contribution in [-0.2, 0) is 4.79 Å². The monoisotopic (exact) mass is 229 g/mol. The summed E-state index contributed by atoms with van der Waals surface area (Å²) < 4.78 is 18.3. The Morgan fingerprint density at radius 3 is 2.75 bits per heavy atom. The lowest BCUT2D eigenvalue weighted by Crippen LogP contribution is -2.16. The van der Waals surface area contributed by atoms with E-state index in [4.69, 9.17) is 15.6 Å². The number of hydrogen-bond donors (Lipinski definition) is 3. The average molecular weight is 229 g/mol. The van der Waals surface area contributed by atoms with Gasteiger partial charge in [0.05, 0.1) is 13.5 Å². The molecule has 1 aromatic carbocycles. The highest BCUT2D eigenvalue weighted by Crippen LogP contribution is 2.30. The number of phenolic OH excluding ortho intramolecular Hbond substituents is 1. The van der Waals surface area contributed by atoms with Gasteiger partial charge in [0.15, 0.2) is 11.6 Å². The molecular formula is C10H12FNO4. The molecule has 0 heterocycles. The zero-order chi connectivity index (χ0) is 12.3. The normalized spacial score (nSPS) is 12.2. The highest BCUT2D eigenvalue weighted by Gasteiger charge is 2.18. The van der Waals surface area contributed by atoms with E-state index in [1.807, 2.05) is 0 Å². The molecule has 16 heavy (non-hydrogen) atoms. The maximum Gasteiger partial charge on any atom is 0.305 e. The molecule has 0 fully saturated rings. The Kier molecular flexibility index (Phi) is 3.68. The number of methoxy groups -OCH3 is 1. The van der Waals surface area contributed by atoms with Gasteiger partial charge in [-0.3, -0.25) is 4.79 Å². The van der Waals surface area contributed by atoms with Crippen LogP contribution in [0, 0.1) is 5.82 Å². The van der Waals surface area contributed by atoms with Gasteiger partial charge >= 0.3 is 5.97 Å². The third-order valence-electron chi connectivity index (χ3n) is 2.08. The molecule has 1 unspecified atom stereocenters. The summed E-state index contributed by atoms with van der Waals surface area (Å²) in [5.41, 5.74) is 5.42. The number of nitrogens with two attached hydrogens (primary N) is 1. The summed E-state index contributed by atoms with van der Waals surface area (Å²) in [5.74, 6) is -2.46. The Hall–Kier alpha value is -1.82. The molecule has 0 radical (unpaired) electrons. The molecule has 1 rings (SSSR count). The number of carboxylic acid groups (broad SMARTS) is 1. The predicted molar refractivity (Wildman–Crippen MR) is 53.8 cm³/mol. The van der Waals surface area contributed by atoms with E-state index in [9.17, 15) is 14.3 Å². The number of ether oxygens (including phenoxy) is 1. The molecule has 0 amide bonds. The number of aliphatic carboxylic acids is 1. The van der Waals surface area contributed by atoms with Crippen molar-refractivity contribution in [2.75, 3.05) is 7.11 Å². The lowest BCUT2D eigenvalue weighted by Gasteiger charge is -2.13. The standard InChI is InChI=1S/C10H12FNO4/c1-16-5-2-6(7(12)4-9(14)15)10(11)8(13)3-5/h2-3,7,13H,4,12H2,1H3,(H,14,15). The highest BCUT2D eigenvalue weighted by molar-refractivity contribution is 5.68. The first-order valence-electron chi connectivity index (χ1n) is 4.49. The molecular weight excluding hydrogens is 217 g/mol. The lowest BCUT2D eigenvalue weighted by molar-refractivity contribution is -0.137. The smallest absolute Gasteiger partial charge is 0.305 e. The van der Waals surface area contributed by atoms with Crippen LogP contribution in [-0.4, -0.2) is 23.3 Å².